The Bertz CT molecular complexity index is 683. The van der Waals surface area contributed by atoms with Crippen LogP contribution in [0.15, 0.2) is 18.2 Å². The largest absolute Gasteiger partial charge is 0.492 e. The average molecular weight is 378 g/mol. The number of nitrogens with zero attached hydrogens (tertiary/aromatic N) is 2. The van der Waals surface area contributed by atoms with Gasteiger partial charge in [-0.05, 0) is 58.4 Å². The lowest BCUT2D eigenvalue weighted by Gasteiger charge is -2.40. The Kier molecular flexibility index (Phi) is 6.70. The highest BCUT2D eigenvalue weighted by atomic mass is 16.6. The molecule has 150 valence electrons. The molecule has 2 rings (SSSR count). The molecule has 1 amide bonds. The molecule has 1 N–H and O–H groups in total. The minimum absolute atomic E-state index is 0.214. The summed E-state index contributed by atoms with van der Waals surface area (Å²) in [6.07, 6.45) is -0.265. The highest BCUT2D eigenvalue weighted by Crippen LogP contribution is 2.18. The molecular formula is C20H30N2O5. The molecule has 1 saturated heterocycles. The number of hydrogen-bond acceptors (Lipinski definition) is 5. The fourth-order valence-electron chi connectivity index (χ4n) is 3.07. The smallest absolute Gasteiger partial charge is 0.410 e. The summed E-state index contributed by atoms with van der Waals surface area (Å²) in [5, 5.41) is 9.07. The van der Waals surface area contributed by atoms with E-state index in [1.165, 1.54) is 0 Å². The van der Waals surface area contributed by atoms with Gasteiger partial charge < -0.3 is 19.5 Å². The van der Waals surface area contributed by atoms with Crippen LogP contribution in [0.4, 0.5) is 4.79 Å². The van der Waals surface area contributed by atoms with E-state index in [9.17, 15) is 9.59 Å². The summed E-state index contributed by atoms with van der Waals surface area (Å²) < 4.78 is 11.2. The molecule has 1 fully saturated rings. The van der Waals surface area contributed by atoms with Crippen LogP contribution in [0.3, 0.4) is 0 Å². The van der Waals surface area contributed by atoms with E-state index in [0.29, 0.717) is 31.0 Å². The summed E-state index contributed by atoms with van der Waals surface area (Å²) in [6.45, 7) is 12.7. The number of carbonyl (C=O) groups is 2. The van der Waals surface area contributed by atoms with Crippen molar-refractivity contribution in [2.24, 2.45) is 0 Å². The molecule has 0 radical (unpaired) electrons. The fraction of sp³-hybridized carbons (Fsp3) is 0.600. The van der Waals surface area contributed by atoms with Gasteiger partial charge >= 0.3 is 12.1 Å². The maximum absolute atomic E-state index is 12.2. The van der Waals surface area contributed by atoms with Crippen molar-refractivity contribution in [1.82, 2.24) is 9.80 Å². The van der Waals surface area contributed by atoms with E-state index in [1.807, 2.05) is 20.8 Å². The first-order valence-electron chi connectivity index (χ1n) is 9.25. The topological polar surface area (TPSA) is 79.3 Å². The highest BCUT2D eigenvalue weighted by Gasteiger charge is 2.29. The molecule has 0 aliphatic carbocycles. The summed E-state index contributed by atoms with van der Waals surface area (Å²) in [6, 6.07) is 5.20. The Morgan fingerprint density at radius 3 is 2.52 bits per heavy atom. The van der Waals surface area contributed by atoms with Gasteiger partial charge in [0.05, 0.1) is 5.56 Å². The molecule has 0 unspecified atom stereocenters. The van der Waals surface area contributed by atoms with Gasteiger partial charge in [-0.15, -0.1) is 0 Å². The number of aryl methyl sites for hydroxylation is 1. The van der Waals surface area contributed by atoms with Crippen LogP contribution < -0.4 is 4.74 Å². The van der Waals surface area contributed by atoms with E-state index in [2.05, 4.69) is 11.8 Å². The number of aromatic carboxylic acids is 1. The zero-order valence-corrected chi connectivity index (χ0v) is 16.8. The van der Waals surface area contributed by atoms with Gasteiger partial charge in [0.1, 0.15) is 18.0 Å². The summed E-state index contributed by atoms with van der Waals surface area (Å²) in [5.41, 5.74) is 0.480. The molecule has 7 nitrogen and oxygen atoms in total. The Balaban J connectivity index is 1.80. The van der Waals surface area contributed by atoms with Crippen LogP contribution in [0.25, 0.3) is 0 Å². The van der Waals surface area contributed by atoms with Crippen LogP contribution in [0.5, 0.6) is 5.75 Å². The van der Waals surface area contributed by atoms with E-state index < -0.39 is 11.6 Å². The van der Waals surface area contributed by atoms with Gasteiger partial charge in [0.15, 0.2) is 0 Å². The van der Waals surface area contributed by atoms with Crippen molar-refractivity contribution >= 4 is 12.1 Å². The van der Waals surface area contributed by atoms with E-state index in [-0.39, 0.29) is 17.7 Å². The lowest BCUT2D eigenvalue weighted by atomic mass is 10.1. The summed E-state index contributed by atoms with van der Waals surface area (Å²) in [7, 11) is 0. The molecule has 1 aromatic rings. The van der Waals surface area contributed by atoms with Crippen molar-refractivity contribution in [3.05, 3.63) is 29.3 Å². The Labute approximate surface area is 160 Å². The number of carbonyl (C=O) groups excluding carboxylic acids is 1. The maximum atomic E-state index is 12.2. The van der Waals surface area contributed by atoms with Crippen LogP contribution >= 0.6 is 0 Å². The number of amides is 1. The number of ether oxygens (including phenoxy) is 2. The minimum Gasteiger partial charge on any atom is -0.492 e. The molecule has 7 heteroatoms. The summed E-state index contributed by atoms with van der Waals surface area (Å²) in [5.74, 6) is -0.270. The minimum atomic E-state index is -0.935. The van der Waals surface area contributed by atoms with Crippen LogP contribution in [0.2, 0.25) is 0 Å². The zero-order chi connectivity index (χ0) is 20.2. The first-order chi connectivity index (χ1) is 12.6. The Morgan fingerprint density at radius 1 is 1.26 bits per heavy atom. The molecule has 0 spiro atoms. The van der Waals surface area contributed by atoms with E-state index >= 15 is 0 Å². The number of hydrogen-bond donors (Lipinski definition) is 1. The van der Waals surface area contributed by atoms with Gasteiger partial charge in [-0.2, -0.15) is 0 Å². The lowest BCUT2D eigenvalue weighted by Crippen LogP contribution is -2.55. The van der Waals surface area contributed by atoms with Crippen molar-refractivity contribution in [1.29, 1.82) is 0 Å². The monoisotopic (exact) mass is 378 g/mol. The van der Waals surface area contributed by atoms with Crippen LogP contribution in [-0.4, -0.2) is 71.4 Å². The second-order valence-corrected chi connectivity index (χ2v) is 7.94. The molecule has 1 atom stereocenters. The standard InChI is InChI=1S/C20H30N2O5/c1-14-12-16(6-7-17(14)18(23)24)26-11-10-21-8-9-22(13-15(21)2)19(25)27-20(3,4)5/h6-7,12,15H,8-11,13H2,1-5H3,(H,23,24)/t15-/m1/s1. The number of carboxylic acids is 1. The third-order valence-electron chi connectivity index (χ3n) is 4.49. The van der Waals surface area contributed by atoms with Crippen LogP contribution in [-0.2, 0) is 4.74 Å². The van der Waals surface area contributed by atoms with Gasteiger partial charge in [0.2, 0.25) is 0 Å². The molecule has 27 heavy (non-hydrogen) atoms. The summed E-state index contributed by atoms with van der Waals surface area (Å²) >= 11 is 0. The molecule has 1 aliphatic rings. The van der Waals surface area contributed by atoms with Gasteiger partial charge in [-0.3, -0.25) is 4.90 Å². The van der Waals surface area contributed by atoms with Crippen molar-refractivity contribution in [2.75, 3.05) is 32.8 Å². The second-order valence-electron chi connectivity index (χ2n) is 7.94. The number of benzene rings is 1. The number of carboxylic acid groups (broad SMARTS) is 1. The average Bonchev–Trinajstić information content (AvgIpc) is 2.54. The SMILES string of the molecule is Cc1cc(OCCN2CCN(C(=O)OC(C)(C)C)C[C@H]2C)ccc1C(=O)O. The molecular weight excluding hydrogens is 348 g/mol. The van der Waals surface area contributed by atoms with Crippen molar-refractivity contribution < 1.29 is 24.2 Å². The number of piperazine rings is 1. The van der Waals surface area contributed by atoms with Crippen molar-refractivity contribution in [3.8, 4) is 5.75 Å². The van der Waals surface area contributed by atoms with Gasteiger partial charge in [0, 0.05) is 32.2 Å². The first-order valence-corrected chi connectivity index (χ1v) is 9.25. The first kappa shape index (κ1) is 21.0. The van der Waals surface area contributed by atoms with E-state index in [4.69, 9.17) is 14.6 Å². The third-order valence-corrected chi connectivity index (χ3v) is 4.49. The zero-order valence-electron chi connectivity index (χ0n) is 16.8. The fourth-order valence-corrected chi connectivity index (χ4v) is 3.07. The van der Waals surface area contributed by atoms with Crippen LogP contribution in [0.1, 0.15) is 43.6 Å². The Hall–Kier alpha value is -2.28. The van der Waals surface area contributed by atoms with E-state index in [0.717, 1.165) is 13.1 Å². The molecule has 1 heterocycles. The van der Waals surface area contributed by atoms with E-state index in [1.54, 1.807) is 30.0 Å². The van der Waals surface area contributed by atoms with Crippen molar-refractivity contribution in [2.45, 2.75) is 46.3 Å². The lowest BCUT2D eigenvalue weighted by molar-refractivity contribution is 0.00429. The third kappa shape index (κ3) is 6.13. The van der Waals surface area contributed by atoms with Gasteiger partial charge in [-0.25, -0.2) is 9.59 Å². The van der Waals surface area contributed by atoms with Gasteiger partial charge in [0.25, 0.3) is 0 Å². The molecule has 0 aromatic heterocycles. The quantitative estimate of drug-likeness (QED) is 0.848. The number of rotatable bonds is 5. The predicted molar refractivity (Wildman–Crippen MR) is 102 cm³/mol. The highest BCUT2D eigenvalue weighted by molar-refractivity contribution is 5.89. The van der Waals surface area contributed by atoms with Crippen LogP contribution in [0, 0.1) is 6.92 Å². The van der Waals surface area contributed by atoms with Crippen molar-refractivity contribution in [3.63, 3.8) is 0 Å². The molecule has 1 aromatic carbocycles. The molecule has 1 aliphatic heterocycles. The maximum Gasteiger partial charge on any atom is 0.410 e. The summed E-state index contributed by atoms with van der Waals surface area (Å²) in [4.78, 5) is 27.3. The second kappa shape index (κ2) is 8.61. The van der Waals surface area contributed by atoms with Gasteiger partial charge in [-0.1, -0.05) is 0 Å². The molecule has 0 saturated carbocycles. The predicted octanol–water partition coefficient (Wildman–Crippen LogP) is 3.01. The molecule has 0 bridgehead atoms. The normalized spacial score (nSPS) is 18.3. The Morgan fingerprint density at radius 2 is 1.96 bits per heavy atom.